The fourth-order valence-corrected chi connectivity index (χ4v) is 5.50. The first-order chi connectivity index (χ1) is 15.1. The quantitative estimate of drug-likeness (QED) is 0.300. The summed E-state index contributed by atoms with van der Waals surface area (Å²) < 4.78 is 6.60. The molecule has 3 aromatic heterocycles. The molecule has 3 N–H and O–H groups in total. The maximum atomic E-state index is 12.5. The number of aryl methyl sites for hydroxylation is 1. The number of amides is 1. The van der Waals surface area contributed by atoms with E-state index in [0.717, 1.165) is 35.3 Å². The van der Waals surface area contributed by atoms with Gasteiger partial charge in [0, 0.05) is 35.0 Å². The first kappa shape index (κ1) is 21.3. The van der Waals surface area contributed by atoms with Gasteiger partial charge in [0.1, 0.15) is 5.00 Å². The van der Waals surface area contributed by atoms with Crippen molar-refractivity contribution in [3.8, 4) is 11.4 Å². The first-order valence-corrected chi connectivity index (χ1v) is 11.7. The summed E-state index contributed by atoms with van der Waals surface area (Å²) in [5.74, 6) is 6.56. The zero-order valence-corrected chi connectivity index (χ0v) is 18.6. The monoisotopic (exact) mass is 458 g/mol. The van der Waals surface area contributed by atoms with Gasteiger partial charge in [0.05, 0.1) is 12.2 Å². The van der Waals surface area contributed by atoms with E-state index in [-0.39, 0.29) is 18.3 Å². The SMILES string of the molecule is CCOC(=O)c1c(NC(=O)CCSc2nnc(-c3ccncc3)n2N)sc2c1CCC2. The Balaban J connectivity index is 1.37. The summed E-state index contributed by atoms with van der Waals surface area (Å²) in [6, 6.07) is 3.60. The predicted octanol–water partition coefficient (Wildman–Crippen LogP) is 2.90. The van der Waals surface area contributed by atoms with Crippen molar-refractivity contribution >= 4 is 40.0 Å². The van der Waals surface area contributed by atoms with Crippen LogP contribution in [0.1, 0.15) is 40.6 Å². The summed E-state index contributed by atoms with van der Waals surface area (Å²) in [5.41, 5.74) is 2.35. The number of nitrogen functional groups attached to an aromatic ring is 1. The number of aromatic nitrogens is 4. The van der Waals surface area contributed by atoms with Gasteiger partial charge in [-0.05, 0) is 43.9 Å². The van der Waals surface area contributed by atoms with E-state index in [9.17, 15) is 9.59 Å². The smallest absolute Gasteiger partial charge is 0.341 e. The third-order valence-corrected chi connectivity index (χ3v) is 6.97. The summed E-state index contributed by atoms with van der Waals surface area (Å²) >= 11 is 2.82. The minimum atomic E-state index is -0.369. The van der Waals surface area contributed by atoms with Crippen LogP contribution in [0.5, 0.6) is 0 Å². The number of nitrogens with two attached hydrogens (primary N) is 1. The zero-order chi connectivity index (χ0) is 21.8. The van der Waals surface area contributed by atoms with Crippen LogP contribution in [0.4, 0.5) is 5.00 Å². The van der Waals surface area contributed by atoms with Crippen LogP contribution >= 0.6 is 23.1 Å². The second kappa shape index (κ2) is 9.48. The van der Waals surface area contributed by atoms with Crippen LogP contribution in [0, 0.1) is 0 Å². The Kier molecular flexibility index (Phi) is 6.52. The van der Waals surface area contributed by atoms with Gasteiger partial charge in [0.25, 0.3) is 0 Å². The number of hydrogen-bond acceptors (Lipinski definition) is 9. The molecule has 1 amide bonds. The van der Waals surface area contributed by atoms with Gasteiger partial charge in [-0.15, -0.1) is 21.5 Å². The number of thiophene rings is 1. The summed E-state index contributed by atoms with van der Waals surface area (Å²) in [4.78, 5) is 30.1. The van der Waals surface area contributed by atoms with Crippen molar-refractivity contribution in [2.24, 2.45) is 0 Å². The Bertz CT molecular complexity index is 1100. The largest absolute Gasteiger partial charge is 0.462 e. The van der Waals surface area contributed by atoms with Crippen LogP contribution in [0.2, 0.25) is 0 Å². The molecule has 11 heteroatoms. The number of carbonyl (C=O) groups is 2. The van der Waals surface area contributed by atoms with Gasteiger partial charge in [-0.3, -0.25) is 9.78 Å². The molecule has 3 aromatic rings. The van der Waals surface area contributed by atoms with E-state index in [1.54, 1.807) is 31.5 Å². The van der Waals surface area contributed by atoms with Crippen LogP contribution in [-0.2, 0) is 22.4 Å². The van der Waals surface area contributed by atoms with Crippen molar-refractivity contribution in [3.05, 3.63) is 40.5 Å². The second-order valence-corrected chi connectivity index (χ2v) is 9.01. The van der Waals surface area contributed by atoms with Crippen molar-refractivity contribution in [1.29, 1.82) is 0 Å². The fourth-order valence-electron chi connectivity index (χ4n) is 3.41. The molecule has 0 spiro atoms. The molecule has 4 rings (SSSR count). The maximum absolute atomic E-state index is 12.5. The lowest BCUT2D eigenvalue weighted by molar-refractivity contribution is -0.115. The van der Waals surface area contributed by atoms with Crippen molar-refractivity contribution < 1.29 is 14.3 Å². The molecule has 0 bridgehead atoms. The summed E-state index contributed by atoms with van der Waals surface area (Å²) in [7, 11) is 0. The maximum Gasteiger partial charge on any atom is 0.341 e. The Morgan fingerprint density at radius 1 is 1.29 bits per heavy atom. The van der Waals surface area contributed by atoms with Gasteiger partial charge in [0.15, 0.2) is 5.82 Å². The number of nitrogens with zero attached hydrogens (tertiary/aromatic N) is 4. The van der Waals surface area contributed by atoms with Gasteiger partial charge in [-0.1, -0.05) is 11.8 Å². The average Bonchev–Trinajstić information content (AvgIpc) is 3.44. The molecule has 9 nitrogen and oxygen atoms in total. The highest BCUT2D eigenvalue weighted by molar-refractivity contribution is 7.99. The lowest BCUT2D eigenvalue weighted by Crippen LogP contribution is -2.16. The molecule has 0 aromatic carbocycles. The zero-order valence-electron chi connectivity index (χ0n) is 17.0. The highest BCUT2D eigenvalue weighted by Crippen LogP contribution is 2.39. The van der Waals surface area contributed by atoms with Gasteiger partial charge in [0.2, 0.25) is 11.1 Å². The van der Waals surface area contributed by atoms with E-state index in [0.29, 0.717) is 33.9 Å². The Morgan fingerprint density at radius 3 is 2.87 bits per heavy atom. The van der Waals surface area contributed by atoms with E-state index in [1.165, 1.54) is 27.8 Å². The van der Waals surface area contributed by atoms with Gasteiger partial charge in [-0.2, -0.15) is 0 Å². The average molecular weight is 459 g/mol. The van der Waals surface area contributed by atoms with E-state index in [4.69, 9.17) is 10.6 Å². The summed E-state index contributed by atoms with van der Waals surface area (Å²) in [6.07, 6.45) is 6.37. The Hall–Kier alpha value is -2.92. The molecule has 0 saturated heterocycles. The number of nitrogens with one attached hydrogen (secondary N) is 1. The number of ether oxygens (including phenoxy) is 1. The normalized spacial score (nSPS) is 12.5. The van der Waals surface area contributed by atoms with Crippen LogP contribution in [0.25, 0.3) is 11.4 Å². The molecular weight excluding hydrogens is 436 g/mol. The predicted molar refractivity (Wildman–Crippen MR) is 120 cm³/mol. The number of fused-ring (bicyclic) bond motifs is 1. The van der Waals surface area contributed by atoms with Crippen LogP contribution in [0.3, 0.4) is 0 Å². The lowest BCUT2D eigenvalue weighted by atomic mass is 10.1. The van der Waals surface area contributed by atoms with Gasteiger partial charge < -0.3 is 15.9 Å². The van der Waals surface area contributed by atoms with E-state index in [2.05, 4.69) is 20.5 Å². The van der Waals surface area contributed by atoms with Crippen molar-refractivity contribution in [2.75, 3.05) is 23.5 Å². The van der Waals surface area contributed by atoms with Crippen molar-refractivity contribution in [2.45, 2.75) is 37.8 Å². The minimum Gasteiger partial charge on any atom is -0.462 e. The third kappa shape index (κ3) is 4.57. The van der Waals surface area contributed by atoms with Crippen LogP contribution < -0.4 is 11.2 Å². The Morgan fingerprint density at radius 2 is 2.10 bits per heavy atom. The Labute approximate surface area is 187 Å². The number of hydrogen-bond donors (Lipinski definition) is 2. The number of pyridine rings is 1. The molecule has 0 saturated carbocycles. The van der Waals surface area contributed by atoms with E-state index < -0.39 is 0 Å². The molecule has 3 heterocycles. The van der Waals surface area contributed by atoms with Gasteiger partial charge in [-0.25, -0.2) is 9.47 Å². The number of carbonyl (C=O) groups excluding carboxylic acids is 2. The third-order valence-electron chi connectivity index (χ3n) is 4.82. The molecule has 0 fully saturated rings. The molecule has 0 unspecified atom stereocenters. The number of esters is 1. The molecule has 162 valence electrons. The topological polar surface area (TPSA) is 125 Å². The lowest BCUT2D eigenvalue weighted by Gasteiger charge is -2.08. The van der Waals surface area contributed by atoms with E-state index >= 15 is 0 Å². The standard InChI is InChI=1S/C20H22N6O3S2/c1-2-29-19(28)16-13-4-3-5-14(13)31-18(16)23-15(27)8-11-30-20-25-24-17(26(20)21)12-6-9-22-10-7-12/h6-7,9-10H,2-5,8,11,21H2,1H3,(H,23,27). The van der Waals surface area contributed by atoms with E-state index in [1.807, 2.05) is 0 Å². The van der Waals surface area contributed by atoms with Crippen molar-refractivity contribution in [3.63, 3.8) is 0 Å². The summed E-state index contributed by atoms with van der Waals surface area (Å²) in [5, 5.41) is 12.2. The molecule has 1 aliphatic carbocycles. The van der Waals surface area contributed by atoms with Crippen LogP contribution in [-0.4, -0.2) is 44.1 Å². The molecule has 0 aliphatic heterocycles. The number of anilines is 1. The molecule has 0 radical (unpaired) electrons. The van der Waals surface area contributed by atoms with Gasteiger partial charge >= 0.3 is 5.97 Å². The molecule has 0 atom stereocenters. The highest BCUT2D eigenvalue weighted by atomic mass is 32.2. The molecule has 1 aliphatic rings. The van der Waals surface area contributed by atoms with Crippen molar-refractivity contribution in [1.82, 2.24) is 19.9 Å². The summed E-state index contributed by atoms with van der Waals surface area (Å²) in [6.45, 7) is 2.07. The second-order valence-electron chi connectivity index (χ2n) is 6.84. The number of thioether (sulfide) groups is 1. The van der Waals surface area contributed by atoms with Crippen LogP contribution in [0.15, 0.2) is 29.7 Å². The highest BCUT2D eigenvalue weighted by Gasteiger charge is 2.28. The minimum absolute atomic E-state index is 0.171. The first-order valence-electron chi connectivity index (χ1n) is 9.93. The molecule has 31 heavy (non-hydrogen) atoms. The number of rotatable bonds is 8. The molecular formula is C20H22N6O3S2. The fraction of sp³-hybridized carbons (Fsp3) is 0.350.